The van der Waals surface area contributed by atoms with E-state index < -0.39 is 23.8 Å². The Morgan fingerprint density at radius 2 is 2.19 bits per heavy atom. The van der Waals surface area contributed by atoms with E-state index in [2.05, 4.69) is 0 Å². The van der Waals surface area contributed by atoms with Gasteiger partial charge in [-0.05, 0) is 26.7 Å². The Morgan fingerprint density at radius 3 is 2.78 bits per heavy atom. The molecule has 4 rings (SSSR count). The second kappa shape index (κ2) is 6.84. The van der Waals surface area contributed by atoms with E-state index in [0.717, 1.165) is 12.8 Å². The fraction of sp³-hybridized carbons (Fsp3) is 0.588. The van der Waals surface area contributed by atoms with Gasteiger partial charge >= 0.3 is 11.8 Å². The number of aryl methyl sites for hydroxylation is 1. The van der Waals surface area contributed by atoms with Crippen LogP contribution in [0.15, 0.2) is 24.2 Å². The number of thioether (sulfide) groups is 1. The first kappa shape index (κ1) is 18.3. The van der Waals surface area contributed by atoms with Gasteiger partial charge < -0.3 is 23.4 Å². The van der Waals surface area contributed by atoms with Crippen LogP contribution < -0.4 is 5.82 Å². The van der Waals surface area contributed by atoms with Crippen LogP contribution in [0.5, 0.6) is 0 Å². The highest BCUT2D eigenvalue weighted by molar-refractivity contribution is 8.04. The van der Waals surface area contributed by atoms with E-state index >= 15 is 0 Å². The van der Waals surface area contributed by atoms with Crippen molar-refractivity contribution < 1.29 is 33.0 Å². The maximum Gasteiger partial charge on any atom is 0.519 e. The molecule has 146 valence electrons. The van der Waals surface area contributed by atoms with Crippen LogP contribution in [-0.4, -0.2) is 46.1 Å². The number of aliphatic hydroxyl groups excluding tert-OH is 1. The molecule has 27 heavy (non-hydrogen) atoms. The zero-order valence-electron chi connectivity index (χ0n) is 14.8. The molecular weight excluding hydrogens is 378 g/mol. The van der Waals surface area contributed by atoms with Gasteiger partial charge in [0.15, 0.2) is 18.1 Å². The summed E-state index contributed by atoms with van der Waals surface area (Å²) in [6.07, 6.45) is 0.548. The molecule has 4 heterocycles. The quantitative estimate of drug-likeness (QED) is 0.570. The summed E-state index contributed by atoms with van der Waals surface area (Å²) in [6.45, 7) is 3.40. The monoisotopic (exact) mass is 397 g/mol. The molecule has 0 aliphatic carbocycles. The summed E-state index contributed by atoms with van der Waals surface area (Å²) in [5.41, 5.74) is 0.155. The van der Waals surface area contributed by atoms with Gasteiger partial charge in [0.25, 0.3) is 0 Å². The second-order valence-corrected chi connectivity index (χ2v) is 7.87. The number of esters is 1. The highest BCUT2D eigenvalue weighted by Gasteiger charge is 2.58. The number of carbonyl (C=O) groups excluding carboxylic acids is 2. The smallest absolute Gasteiger partial charge is 0.453 e. The number of hydrogen-bond acceptors (Lipinski definition) is 9. The molecule has 0 radical (unpaired) electrons. The van der Waals surface area contributed by atoms with E-state index in [1.165, 1.54) is 23.6 Å². The lowest BCUT2D eigenvalue weighted by atomic mass is 9.92. The summed E-state index contributed by atoms with van der Waals surface area (Å²) in [4.78, 5) is 38.4. The Kier molecular flexibility index (Phi) is 4.65. The van der Waals surface area contributed by atoms with Crippen molar-refractivity contribution in [3.05, 3.63) is 32.7 Å². The number of ether oxygens (including phenoxy) is 2. The van der Waals surface area contributed by atoms with Crippen molar-refractivity contribution >= 4 is 23.6 Å². The Balaban J connectivity index is 1.57. The van der Waals surface area contributed by atoms with E-state index in [0.29, 0.717) is 11.5 Å². The largest absolute Gasteiger partial charge is 0.519 e. The van der Waals surface area contributed by atoms with Gasteiger partial charge in [-0.3, -0.25) is 9.69 Å². The molecule has 3 aliphatic heterocycles. The Labute approximate surface area is 158 Å². The number of amides is 1. The molecule has 0 aromatic carbocycles. The summed E-state index contributed by atoms with van der Waals surface area (Å²) >= 11 is 1.37. The van der Waals surface area contributed by atoms with Gasteiger partial charge in [0, 0.05) is 11.5 Å². The first-order chi connectivity index (χ1) is 12.9. The van der Waals surface area contributed by atoms with Crippen molar-refractivity contribution in [3.8, 4) is 0 Å². The molecule has 1 N–H and O–H groups in total. The van der Waals surface area contributed by atoms with E-state index in [1.54, 1.807) is 6.92 Å². The van der Waals surface area contributed by atoms with E-state index in [9.17, 15) is 19.5 Å². The Bertz CT molecular complexity index is 863. The molecule has 1 aromatic heterocycles. The molecule has 0 saturated carbocycles. The van der Waals surface area contributed by atoms with Crippen LogP contribution in [0.25, 0.3) is 0 Å². The molecule has 2 fully saturated rings. The number of carbonyl (C=O) groups is 2. The zero-order valence-corrected chi connectivity index (χ0v) is 15.6. The third-order valence-electron chi connectivity index (χ3n) is 4.91. The van der Waals surface area contributed by atoms with Crippen molar-refractivity contribution in [1.82, 2.24) is 4.90 Å². The number of aliphatic hydroxyl groups is 1. The maximum atomic E-state index is 12.8. The van der Waals surface area contributed by atoms with Gasteiger partial charge in [-0.25, -0.2) is 9.59 Å². The predicted molar refractivity (Wildman–Crippen MR) is 91.2 cm³/mol. The fourth-order valence-corrected chi connectivity index (χ4v) is 5.21. The standard InChI is InChI=1S/C17H19NO8S/c1-7(19)11-14(20)18-12(13(27-15(11)18)9-4-3-5-23-9)16(21)24-6-10-8(2)25-17(22)26-10/h7,9,11,15,19H,3-6H2,1-2H3/t7-,9-,11+,15?/m1/s1. The second-order valence-electron chi connectivity index (χ2n) is 6.71. The molecule has 3 aliphatic rings. The highest BCUT2D eigenvalue weighted by atomic mass is 32.2. The number of rotatable bonds is 5. The number of hydrogen-bond donors (Lipinski definition) is 1. The van der Waals surface area contributed by atoms with Crippen LogP contribution in [0.3, 0.4) is 0 Å². The minimum atomic E-state index is -0.869. The lowest BCUT2D eigenvalue weighted by molar-refractivity contribution is -0.158. The summed E-state index contributed by atoms with van der Waals surface area (Å²) in [5.74, 6) is -2.09. The molecule has 0 bridgehead atoms. The molecular formula is C17H19NO8S. The maximum absolute atomic E-state index is 12.8. The molecule has 9 nitrogen and oxygen atoms in total. The lowest BCUT2D eigenvalue weighted by Gasteiger charge is -2.43. The van der Waals surface area contributed by atoms with E-state index in [-0.39, 0.29) is 41.2 Å². The third kappa shape index (κ3) is 3.01. The number of nitrogens with zero attached hydrogens (tertiary/aromatic N) is 1. The number of fused-ring (bicyclic) bond motifs is 1. The van der Waals surface area contributed by atoms with Gasteiger partial charge in [-0.2, -0.15) is 0 Å². The summed E-state index contributed by atoms with van der Waals surface area (Å²) in [7, 11) is 0. The van der Waals surface area contributed by atoms with Gasteiger partial charge in [-0.1, -0.05) is 11.8 Å². The average Bonchev–Trinajstić information content (AvgIpc) is 3.29. The van der Waals surface area contributed by atoms with Gasteiger partial charge in [0.1, 0.15) is 11.1 Å². The van der Waals surface area contributed by atoms with Gasteiger partial charge in [0.2, 0.25) is 5.91 Å². The highest BCUT2D eigenvalue weighted by Crippen LogP contribution is 2.52. The van der Waals surface area contributed by atoms with Crippen LogP contribution in [0.4, 0.5) is 0 Å². The van der Waals surface area contributed by atoms with Crippen molar-refractivity contribution in [2.75, 3.05) is 6.61 Å². The fourth-order valence-electron chi connectivity index (χ4n) is 3.52. The minimum Gasteiger partial charge on any atom is -0.453 e. The molecule has 10 heteroatoms. The summed E-state index contributed by atoms with van der Waals surface area (Å²) in [5, 5.41) is 9.53. The van der Waals surface area contributed by atoms with Gasteiger partial charge in [0.05, 0.1) is 18.1 Å². The van der Waals surface area contributed by atoms with Crippen LogP contribution in [-0.2, 0) is 25.7 Å². The normalized spacial score (nSPS) is 28.3. The van der Waals surface area contributed by atoms with Crippen LogP contribution >= 0.6 is 11.8 Å². The van der Waals surface area contributed by atoms with Crippen molar-refractivity contribution in [2.24, 2.45) is 5.92 Å². The third-order valence-corrected chi connectivity index (χ3v) is 6.37. The zero-order chi connectivity index (χ0) is 19.3. The Hall–Kier alpha value is -2.04. The molecule has 1 unspecified atom stereocenters. The summed E-state index contributed by atoms with van der Waals surface area (Å²) in [6, 6.07) is 0. The molecule has 1 aromatic rings. The van der Waals surface area contributed by atoms with E-state index in [4.69, 9.17) is 18.3 Å². The first-order valence-electron chi connectivity index (χ1n) is 8.68. The van der Waals surface area contributed by atoms with Crippen LogP contribution in [0.2, 0.25) is 0 Å². The van der Waals surface area contributed by atoms with Crippen molar-refractivity contribution in [1.29, 1.82) is 0 Å². The molecule has 2 saturated heterocycles. The summed E-state index contributed by atoms with van der Waals surface area (Å²) < 4.78 is 20.5. The molecule has 0 spiro atoms. The van der Waals surface area contributed by atoms with Crippen molar-refractivity contribution in [3.63, 3.8) is 0 Å². The SMILES string of the molecule is Cc1oc(=O)oc1COC(=O)C1=C([C@H]2CCCO2)SC2[C@@H]([C@@H](C)O)C(=O)N12. The van der Waals surface area contributed by atoms with Crippen LogP contribution in [0, 0.1) is 12.8 Å². The molecule has 4 atom stereocenters. The Morgan fingerprint density at radius 1 is 1.41 bits per heavy atom. The topological polar surface area (TPSA) is 119 Å². The average molecular weight is 397 g/mol. The predicted octanol–water partition coefficient (Wildman–Crippen LogP) is 0.887. The lowest BCUT2D eigenvalue weighted by Crippen LogP contribution is -2.60. The minimum absolute atomic E-state index is 0.117. The molecule has 1 amide bonds. The first-order valence-corrected chi connectivity index (χ1v) is 9.56. The van der Waals surface area contributed by atoms with Crippen molar-refractivity contribution in [2.45, 2.75) is 50.9 Å². The van der Waals surface area contributed by atoms with Gasteiger partial charge in [-0.15, -0.1) is 0 Å². The number of β-lactam (4-membered cyclic amide) rings is 1. The van der Waals surface area contributed by atoms with Crippen LogP contribution in [0.1, 0.15) is 31.3 Å². The van der Waals surface area contributed by atoms with E-state index in [1.807, 2.05) is 0 Å².